The highest BCUT2D eigenvalue weighted by molar-refractivity contribution is 7.89. The average molecular weight is 592 g/mol. The Balaban J connectivity index is 1.43. The van der Waals surface area contributed by atoms with Gasteiger partial charge in [0.25, 0.3) is 5.92 Å². The van der Waals surface area contributed by atoms with Crippen molar-refractivity contribution in [3.8, 4) is 5.75 Å². The van der Waals surface area contributed by atoms with E-state index in [0.29, 0.717) is 24.0 Å². The monoisotopic (exact) mass is 591 g/mol. The van der Waals surface area contributed by atoms with Crippen molar-refractivity contribution in [2.24, 2.45) is 5.73 Å². The summed E-state index contributed by atoms with van der Waals surface area (Å²) in [5, 5.41) is 1.58. The summed E-state index contributed by atoms with van der Waals surface area (Å²) in [7, 11) is -4.53. The Hall–Kier alpha value is -2.79. The third-order valence-corrected chi connectivity index (χ3v) is 9.33. The van der Waals surface area contributed by atoms with E-state index in [1.807, 2.05) is 10.8 Å². The van der Waals surface area contributed by atoms with E-state index < -0.39 is 33.5 Å². The first kappa shape index (κ1) is 28.7. The van der Waals surface area contributed by atoms with Gasteiger partial charge in [0.05, 0.1) is 11.0 Å². The number of rotatable bonds is 8. The molecule has 1 amide bonds. The van der Waals surface area contributed by atoms with E-state index in [4.69, 9.17) is 22.1 Å². The Morgan fingerprint density at radius 2 is 1.60 bits per heavy atom. The number of hydrogen-bond acceptors (Lipinski definition) is 5. The molecule has 1 unspecified atom stereocenters. The summed E-state index contributed by atoms with van der Waals surface area (Å²) < 4.78 is 66.8. The molecule has 5 rings (SSSR count). The van der Waals surface area contributed by atoms with Gasteiger partial charge in [-0.05, 0) is 85.7 Å². The second-order valence-electron chi connectivity index (χ2n) is 10.5. The minimum absolute atomic E-state index is 0.141. The number of piperidine rings is 1. The van der Waals surface area contributed by atoms with E-state index >= 15 is 8.78 Å². The van der Waals surface area contributed by atoms with Crippen LogP contribution in [0.4, 0.5) is 8.78 Å². The molecule has 1 heterocycles. The lowest BCUT2D eigenvalue weighted by Gasteiger charge is -2.35. The SMILES string of the molecule is NC1CCN(C(=O)C(NS(=O)(=O)c2ccc3cc(OC4CCCC4)ccc3c2)C(F)(F)c2ccc(Cl)cc2)CC1. The molecule has 1 aliphatic heterocycles. The fourth-order valence-electron chi connectivity index (χ4n) is 5.28. The number of benzene rings is 3. The number of nitrogens with two attached hydrogens (primary N) is 1. The van der Waals surface area contributed by atoms with Crippen LogP contribution in [-0.2, 0) is 20.7 Å². The standard InChI is InChI=1S/C29H32ClF2N3O4S/c30-22-9-7-21(8-10-22)29(31,32)27(28(36)35-15-13-23(33)14-16-35)34-40(37,38)26-12-6-19-17-25(11-5-20(19)18-26)39-24-3-1-2-4-24/h5-12,17-18,23-24,27,34H,1-4,13-16,33H2. The summed E-state index contributed by atoms with van der Waals surface area (Å²) in [4.78, 5) is 14.4. The molecule has 40 heavy (non-hydrogen) atoms. The second kappa shape index (κ2) is 11.6. The molecule has 1 saturated carbocycles. The number of nitrogens with zero attached hydrogens (tertiary/aromatic N) is 1. The topological polar surface area (TPSA) is 102 Å². The van der Waals surface area contributed by atoms with Gasteiger partial charge < -0.3 is 15.4 Å². The van der Waals surface area contributed by atoms with Crippen molar-refractivity contribution >= 4 is 38.3 Å². The quantitative estimate of drug-likeness (QED) is 0.375. The Kier molecular flexibility index (Phi) is 8.33. The molecular weight excluding hydrogens is 560 g/mol. The third kappa shape index (κ3) is 6.25. The van der Waals surface area contributed by atoms with Crippen molar-refractivity contribution in [3.63, 3.8) is 0 Å². The van der Waals surface area contributed by atoms with Gasteiger partial charge in [0.1, 0.15) is 5.75 Å². The first-order chi connectivity index (χ1) is 19.0. The molecule has 3 aromatic rings. The average Bonchev–Trinajstić information content (AvgIpc) is 3.45. The fraction of sp³-hybridized carbons (Fsp3) is 0.414. The summed E-state index contributed by atoms with van der Waals surface area (Å²) in [6, 6.07) is 11.9. The molecule has 0 radical (unpaired) electrons. The van der Waals surface area contributed by atoms with E-state index in [9.17, 15) is 13.2 Å². The zero-order valence-electron chi connectivity index (χ0n) is 21.9. The number of hydrogen-bond donors (Lipinski definition) is 2. The number of likely N-dealkylation sites (tertiary alicyclic amines) is 1. The van der Waals surface area contributed by atoms with Gasteiger partial charge in [-0.25, -0.2) is 8.42 Å². The van der Waals surface area contributed by atoms with Crippen LogP contribution in [0.2, 0.25) is 5.02 Å². The number of carbonyl (C=O) groups is 1. The number of amides is 1. The van der Waals surface area contributed by atoms with Gasteiger partial charge in [-0.1, -0.05) is 35.9 Å². The van der Waals surface area contributed by atoms with E-state index in [0.717, 1.165) is 43.2 Å². The van der Waals surface area contributed by atoms with Crippen LogP contribution in [0.25, 0.3) is 10.8 Å². The summed E-state index contributed by atoms with van der Waals surface area (Å²) in [5.41, 5.74) is 5.39. The van der Waals surface area contributed by atoms with Crippen molar-refractivity contribution < 1.29 is 26.7 Å². The lowest BCUT2D eigenvalue weighted by Crippen LogP contribution is -2.57. The normalized spacial score (nSPS) is 18.2. The first-order valence-corrected chi connectivity index (χ1v) is 15.3. The van der Waals surface area contributed by atoms with Crippen LogP contribution in [0, 0.1) is 0 Å². The molecular formula is C29H32ClF2N3O4S. The van der Waals surface area contributed by atoms with Gasteiger partial charge in [0.15, 0.2) is 6.04 Å². The first-order valence-electron chi connectivity index (χ1n) is 13.4. The van der Waals surface area contributed by atoms with Gasteiger partial charge in [-0.3, -0.25) is 4.79 Å². The predicted octanol–water partition coefficient (Wildman–Crippen LogP) is 5.20. The van der Waals surface area contributed by atoms with Gasteiger partial charge >= 0.3 is 0 Å². The number of alkyl halides is 2. The molecule has 1 saturated heterocycles. The third-order valence-electron chi connectivity index (χ3n) is 7.66. The Bertz CT molecular complexity index is 1470. The molecule has 7 nitrogen and oxygen atoms in total. The van der Waals surface area contributed by atoms with Crippen molar-refractivity contribution in [1.82, 2.24) is 9.62 Å². The Morgan fingerprint density at radius 1 is 0.975 bits per heavy atom. The molecule has 2 fully saturated rings. The minimum atomic E-state index is -4.53. The van der Waals surface area contributed by atoms with Gasteiger partial charge in [-0.2, -0.15) is 13.5 Å². The van der Waals surface area contributed by atoms with E-state index in [-0.39, 0.29) is 35.2 Å². The zero-order valence-corrected chi connectivity index (χ0v) is 23.4. The van der Waals surface area contributed by atoms with Crippen LogP contribution in [0.5, 0.6) is 5.75 Å². The van der Waals surface area contributed by atoms with Crippen LogP contribution in [-0.4, -0.2) is 50.5 Å². The summed E-state index contributed by atoms with van der Waals surface area (Å²) >= 11 is 5.87. The van der Waals surface area contributed by atoms with Crippen LogP contribution < -0.4 is 15.2 Å². The van der Waals surface area contributed by atoms with Gasteiger partial charge in [0.2, 0.25) is 15.9 Å². The number of carbonyl (C=O) groups excluding carboxylic acids is 1. The fourth-order valence-corrected chi connectivity index (χ4v) is 6.64. The van der Waals surface area contributed by atoms with Gasteiger partial charge in [-0.15, -0.1) is 0 Å². The van der Waals surface area contributed by atoms with Crippen LogP contribution in [0.15, 0.2) is 65.6 Å². The summed E-state index contributed by atoms with van der Waals surface area (Å²) in [5.74, 6) is -4.18. The Labute approximate surface area is 237 Å². The molecule has 2 aliphatic rings. The zero-order chi connectivity index (χ0) is 28.5. The van der Waals surface area contributed by atoms with E-state index in [1.54, 1.807) is 18.2 Å². The van der Waals surface area contributed by atoms with Crippen molar-refractivity contribution in [3.05, 3.63) is 71.2 Å². The number of sulfonamides is 1. The molecule has 3 N–H and O–H groups in total. The maximum Gasteiger partial charge on any atom is 0.298 e. The van der Waals surface area contributed by atoms with E-state index in [2.05, 4.69) is 0 Å². The summed E-state index contributed by atoms with van der Waals surface area (Å²) in [6.07, 6.45) is 5.34. The number of ether oxygens (including phenoxy) is 1. The van der Waals surface area contributed by atoms with Crippen LogP contribution >= 0.6 is 11.6 Å². The largest absolute Gasteiger partial charge is 0.490 e. The summed E-state index contributed by atoms with van der Waals surface area (Å²) in [6.45, 7) is 0.326. The molecule has 0 aromatic heterocycles. The maximum absolute atomic E-state index is 15.9. The number of fused-ring (bicyclic) bond motifs is 1. The smallest absolute Gasteiger partial charge is 0.298 e. The highest BCUT2D eigenvalue weighted by Gasteiger charge is 2.50. The molecule has 11 heteroatoms. The Morgan fingerprint density at radius 3 is 2.27 bits per heavy atom. The molecule has 0 bridgehead atoms. The molecule has 214 valence electrons. The van der Waals surface area contributed by atoms with Crippen molar-refractivity contribution in [1.29, 1.82) is 0 Å². The number of nitrogens with one attached hydrogen (secondary N) is 1. The minimum Gasteiger partial charge on any atom is -0.490 e. The molecule has 1 atom stereocenters. The molecule has 1 aliphatic carbocycles. The van der Waals surface area contributed by atoms with Crippen molar-refractivity contribution in [2.45, 2.75) is 67.5 Å². The predicted molar refractivity (Wildman–Crippen MR) is 150 cm³/mol. The van der Waals surface area contributed by atoms with Crippen LogP contribution in [0.3, 0.4) is 0 Å². The lowest BCUT2D eigenvalue weighted by molar-refractivity contribution is -0.145. The molecule has 3 aromatic carbocycles. The number of halogens is 3. The lowest BCUT2D eigenvalue weighted by atomic mass is 9.99. The molecule has 0 spiro atoms. The van der Waals surface area contributed by atoms with E-state index in [1.165, 1.54) is 29.2 Å². The highest BCUT2D eigenvalue weighted by atomic mass is 35.5. The second-order valence-corrected chi connectivity index (χ2v) is 12.7. The van der Waals surface area contributed by atoms with Crippen LogP contribution in [0.1, 0.15) is 44.1 Å². The maximum atomic E-state index is 15.9. The van der Waals surface area contributed by atoms with Crippen molar-refractivity contribution in [2.75, 3.05) is 13.1 Å². The van der Waals surface area contributed by atoms with Gasteiger partial charge in [0, 0.05) is 29.7 Å². The highest BCUT2D eigenvalue weighted by Crippen LogP contribution is 2.35.